The standard InChI is InChI=1S/C12H15ClF3NO/c1-11(2,3)10(17)7-4-5-9(8(13)6-7)18-12(14,15)16/h4-6,10H,17H2,1-3H3/t10-/m1/s1. The lowest BCUT2D eigenvalue weighted by Gasteiger charge is -2.27. The fourth-order valence-corrected chi connectivity index (χ4v) is 1.65. The van der Waals surface area contributed by atoms with Crippen LogP contribution < -0.4 is 10.5 Å². The zero-order chi connectivity index (χ0) is 14.1. The number of nitrogens with two attached hydrogens (primary N) is 1. The number of rotatable bonds is 2. The maximum atomic E-state index is 12.1. The Morgan fingerprint density at radius 3 is 2.17 bits per heavy atom. The van der Waals surface area contributed by atoms with E-state index < -0.39 is 12.1 Å². The Morgan fingerprint density at radius 2 is 1.78 bits per heavy atom. The first-order valence-electron chi connectivity index (χ1n) is 5.31. The first-order valence-corrected chi connectivity index (χ1v) is 5.69. The molecule has 0 radical (unpaired) electrons. The molecule has 0 spiro atoms. The summed E-state index contributed by atoms with van der Waals surface area (Å²) in [7, 11) is 0. The minimum absolute atomic E-state index is 0.107. The third-order valence-electron chi connectivity index (χ3n) is 2.47. The van der Waals surface area contributed by atoms with Gasteiger partial charge in [0.25, 0.3) is 0 Å². The first-order chi connectivity index (χ1) is 8.00. The first kappa shape index (κ1) is 15.1. The van der Waals surface area contributed by atoms with Crippen LogP contribution in [0.4, 0.5) is 13.2 Å². The normalized spacial score (nSPS) is 14.4. The summed E-state index contributed by atoms with van der Waals surface area (Å²) < 4.78 is 40.0. The van der Waals surface area contributed by atoms with Crippen molar-refractivity contribution in [2.24, 2.45) is 11.1 Å². The van der Waals surface area contributed by atoms with Crippen molar-refractivity contribution in [2.45, 2.75) is 33.2 Å². The van der Waals surface area contributed by atoms with Gasteiger partial charge in [0.1, 0.15) is 5.75 Å². The molecular weight excluding hydrogens is 267 g/mol. The number of halogens is 4. The van der Waals surface area contributed by atoms with Gasteiger partial charge in [-0.3, -0.25) is 0 Å². The number of ether oxygens (including phenoxy) is 1. The van der Waals surface area contributed by atoms with E-state index in [0.29, 0.717) is 5.56 Å². The van der Waals surface area contributed by atoms with Crippen molar-refractivity contribution in [3.8, 4) is 5.75 Å². The van der Waals surface area contributed by atoms with Gasteiger partial charge in [0.15, 0.2) is 0 Å². The molecule has 0 saturated carbocycles. The van der Waals surface area contributed by atoms with Crippen LogP contribution in [0.25, 0.3) is 0 Å². The molecule has 0 heterocycles. The van der Waals surface area contributed by atoms with Crippen LogP contribution in [0.5, 0.6) is 5.75 Å². The topological polar surface area (TPSA) is 35.2 Å². The van der Waals surface area contributed by atoms with Gasteiger partial charge < -0.3 is 10.5 Å². The fraction of sp³-hybridized carbons (Fsp3) is 0.500. The zero-order valence-corrected chi connectivity index (χ0v) is 11.1. The molecule has 1 rings (SSSR count). The summed E-state index contributed by atoms with van der Waals surface area (Å²) in [5.74, 6) is -0.422. The van der Waals surface area contributed by atoms with Crippen LogP contribution in [0.3, 0.4) is 0 Å². The van der Waals surface area contributed by atoms with E-state index in [4.69, 9.17) is 17.3 Å². The third kappa shape index (κ3) is 4.07. The van der Waals surface area contributed by atoms with Crippen molar-refractivity contribution in [2.75, 3.05) is 0 Å². The van der Waals surface area contributed by atoms with Crippen molar-refractivity contribution in [1.29, 1.82) is 0 Å². The summed E-state index contributed by atoms with van der Waals surface area (Å²) in [4.78, 5) is 0. The van der Waals surface area contributed by atoms with E-state index in [-0.39, 0.29) is 16.5 Å². The lowest BCUT2D eigenvalue weighted by molar-refractivity contribution is -0.274. The lowest BCUT2D eigenvalue weighted by atomic mass is 9.83. The fourth-order valence-electron chi connectivity index (χ4n) is 1.42. The van der Waals surface area contributed by atoms with E-state index in [0.717, 1.165) is 0 Å². The Kier molecular flexibility index (Phi) is 4.18. The highest BCUT2D eigenvalue weighted by atomic mass is 35.5. The van der Waals surface area contributed by atoms with E-state index in [1.807, 2.05) is 20.8 Å². The van der Waals surface area contributed by atoms with E-state index in [1.165, 1.54) is 18.2 Å². The molecule has 1 aromatic carbocycles. The summed E-state index contributed by atoms with van der Waals surface area (Å²) in [6.07, 6.45) is -4.75. The molecule has 102 valence electrons. The largest absolute Gasteiger partial charge is 0.573 e. The molecule has 1 aromatic rings. The van der Waals surface area contributed by atoms with E-state index >= 15 is 0 Å². The second-order valence-corrected chi connectivity index (χ2v) is 5.49. The Bertz CT molecular complexity index is 426. The van der Waals surface area contributed by atoms with Crippen LogP contribution in [0, 0.1) is 5.41 Å². The molecule has 0 aliphatic carbocycles. The highest BCUT2D eigenvalue weighted by Crippen LogP contribution is 2.36. The maximum absolute atomic E-state index is 12.1. The summed E-state index contributed by atoms with van der Waals surface area (Å²) in [6, 6.07) is 3.74. The molecule has 1 atom stereocenters. The van der Waals surface area contributed by atoms with Gasteiger partial charge >= 0.3 is 6.36 Å². The number of hydrogen-bond acceptors (Lipinski definition) is 2. The lowest BCUT2D eigenvalue weighted by Crippen LogP contribution is -2.26. The second kappa shape index (κ2) is 4.97. The highest BCUT2D eigenvalue weighted by molar-refractivity contribution is 6.32. The molecule has 6 heteroatoms. The van der Waals surface area contributed by atoms with Crippen molar-refractivity contribution >= 4 is 11.6 Å². The van der Waals surface area contributed by atoms with Crippen molar-refractivity contribution in [3.63, 3.8) is 0 Å². The van der Waals surface area contributed by atoms with Crippen molar-refractivity contribution < 1.29 is 17.9 Å². The van der Waals surface area contributed by atoms with Crippen LogP contribution in [0.15, 0.2) is 18.2 Å². The second-order valence-electron chi connectivity index (χ2n) is 5.08. The van der Waals surface area contributed by atoms with Gasteiger partial charge in [-0.25, -0.2) is 0 Å². The Labute approximate surface area is 109 Å². The minimum Gasteiger partial charge on any atom is -0.404 e. The molecule has 0 aliphatic heterocycles. The molecule has 18 heavy (non-hydrogen) atoms. The monoisotopic (exact) mass is 281 g/mol. The zero-order valence-electron chi connectivity index (χ0n) is 10.3. The van der Waals surface area contributed by atoms with Gasteiger partial charge in [0, 0.05) is 6.04 Å². The smallest absolute Gasteiger partial charge is 0.404 e. The average Bonchev–Trinajstić information content (AvgIpc) is 2.16. The predicted octanol–water partition coefficient (Wildman–Crippen LogP) is 4.28. The van der Waals surface area contributed by atoms with E-state index in [1.54, 1.807) is 0 Å². The van der Waals surface area contributed by atoms with Crippen LogP contribution in [0.2, 0.25) is 5.02 Å². The number of alkyl halides is 3. The molecule has 0 unspecified atom stereocenters. The molecule has 0 aromatic heterocycles. The summed E-state index contributed by atoms with van der Waals surface area (Å²) >= 11 is 5.75. The quantitative estimate of drug-likeness (QED) is 0.878. The highest BCUT2D eigenvalue weighted by Gasteiger charge is 2.32. The van der Waals surface area contributed by atoms with Crippen LogP contribution in [0.1, 0.15) is 32.4 Å². The van der Waals surface area contributed by atoms with Crippen LogP contribution >= 0.6 is 11.6 Å². The van der Waals surface area contributed by atoms with E-state index in [2.05, 4.69) is 4.74 Å². The van der Waals surface area contributed by atoms with Gasteiger partial charge in [-0.2, -0.15) is 0 Å². The van der Waals surface area contributed by atoms with Gasteiger partial charge in [-0.1, -0.05) is 38.4 Å². The average molecular weight is 282 g/mol. The van der Waals surface area contributed by atoms with Gasteiger partial charge in [0.2, 0.25) is 0 Å². The van der Waals surface area contributed by atoms with Crippen LogP contribution in [-0.2, 0) is 0 Å². The summed E-state index contributed by atoms with van der Waals surface area (Å²) in [6.45, 7) is 5.81. The molecule has 2 N–H and O–H groups in total. The minimum atomic E-state index is -4.75. The maximum Gasteiger partial charge on any atom is 0.573 e. The molecule has 0 amide bonds. The Morgan fingerprint density at radius 1 is 1.22 bits per heavy atom. The SMILES string of the molecule is CC(C)(C)[C@H](N)c1ccc(OC(F)(F)F)c(Cl)c1. The molecule has 2 nitrogen and oxygen atoms in total. The number of hydrogen-bond donors (Lipinski definition) is 1. The molecule has 0 fully saturated rings. The molecule has 0 saturated heterocycles. The predicted molar refractivity (Wildman–Crippen MR) is 64.5 cm³/mol. The van der Waals surface area contributed by atoms with Crippen molar-refractivity contribution in [3.05, 3.63) is 28.8 Å². The molecule has 0 aliphatic rings. The Hall–Kier alpha value is -0.940. The third-order valence-corrected chi connectivity index (χ3v) is 2.77. The Balaban J connectivity index is 3.00. The van der Waals surface area contributed by atoms with Gasteiger partial charge in [-0.15, -0.1) is 13.2 Å². The summed E-state index contributed by atoms with van der Waals surface area (Å²) in [5, 5.41) is -0.107. The van der Waals surface area contributed by atoms with E-state index in [9.17, 15) is 13.2 Å². The molecular formula is C12H15ClF3NO. The number of benzene rings is 1. The van der Waals surface area contributed by atoms with Crippen LogP contribution in [-0.4, -0.2) is 6.36 Å². The summed E-state index contributed by atoms with van der Waals surface area (Å²) in [5.41, 5.74) is 6.45. The van der Waals surface area contributed by atoms with Crippen molar-refractivity contribution in [1.82, 2.24) is 0 Å². The van der Waals surface area contributed by atoms with Gasteiger partial charge in [-0.05, 0) is 23.1 Å². The van der Waals surface area contributed by atoms with Gasteiger partial charge in [0.05, 0.1) is 5.02 Å². The molecule has 0 bridgehead atoms.